The molecule has 1 aromatic carbocycles. The standard InChI is InChI=1S/C14H17Cl2NO2/c15-11-1-2-12(13(16)7-11)14(19)9-17-5-3-10(8-17)4-6-18/h1-2,7,10,18H,3-6,8-9H2. The Bertz CT molecular complexity index is 465. The average Bonchev–Trinajstić information content (AvgIpc) is 2.76. The zero-order chi connectivity index (χ0) is 13.8. The van der Waals surface area contributed by atoms with Crippen LogP contribution >= 0.6 is 23.2 Å². The summed E-state index contributed by atoms with van der Waals surface area (Å²) in [6.07, 6.45) is 1.86. The quantitative estimate of drug-likeness (QED) is 0.850. The van der Waals surface area contributed by atoms with Gasteiger partial charge in [0.25, 0.3) is 0 Å². The van der Waals surface area contributed by atoms with Crippen LogP contribution in [0.5, 0.6) is 0 Å². The Hall–Kier alpha value is -0.610. The molecule has 0 aromatic heterocycles. The van der Waals surface area contributed by atoms with Crippen LogP contribution in [0.4, 0.5) is 0 Å². The molecule has 1 fully saturated rings. The Labute approximate surface area is 123 Å². The van der Waals surface area contributed by atoms with E-state index in [-0.39, 0.29) is 12.4 Å². The summed E-state index contributed by atoms with van der Waals surface area (Å²) in [5.74, 6) is 0.518. The Morgan fingerprint density at radius 2 is 2.21 bits per heavy atom. The molecule has 3 nitrogen and oxygen atoms in total. The fraction of sp³-hybridized carbons (Fsp3) is 0.500. The molecule has 5 heteroatoms. The van der Waals surface area contributed by atoms with E-state index in [2.05, 4.69) is 4.90 Å². The van der Waals surface area contributed by atoms with Gasteiger partial charge in [0, 0.05) is 23.7 Å². The minimum absolute atomic E-state index is 0.0197. The summed E-state index contributed by atoms with van der Waals surface area (Å²) >= 11 is 11.8. The van der Waals surface area contributed by atoms with Crippen LogP contribution in [0, 0.1) is 5.92 Å². The zero-order valence-corrected chi connectivity index (χ0v) is 12.1. The molecule has 1 atom stereocenters. The number of rotatable bonds is 5. The maximum atomic E-state index is 12.2. The molecule has 1 heterocycles. The molecule has 2 rings (SSSR count). The van der Waals surface area contributed by atoms with Gasteiger partial charge in [-0.25, -0.2) is 0 Å². The molecule has 0 saturated carbocycles. The molecule has 0 aliphatic carbocycles. The summed E-state index contributed by atoms with van der Waals surface area (Å²) in [4.78, 5) is 14.3. The normalized spacial score (nSPS) is 19.8. The van der Waals surface area contributed by atoms with Gasteiger partial charge in [-0.1, -0.05) is 23.2 Å². The predicted molar refractivity (Wildman–Crippen MR) is 77.0 cm³/mol. The molecular formula is C14H17Cl2NO2. The summed E-state index contributed by atoms with van der Waals surface area (Å²) in [5.41, 5.74) is 0.525. The van der Waals surface area contributed by atoms with E-state index < -0.39 is 0 Å². The van der Waals surface area contributed by atoms with Crippen LogP contribution in [-0.2, 0) is 0 Å². The SMILES string of the molecule is O=C(CN1CCC(CCO)C1)c1ccc(Cl)cc1Cl. The van der Waals surface area contributed by atoms with Crippen LogP contribution < -0.4 is 0 Å². The summed E-state index contributed by atoms with van der Waals surface area (Å²) in [6, 6.07) is 4.95. The molecular weight excluding hydrogens is 285 g/mol. The van der Waals surface area contributed by atoms with Crippen LogP contribution in [0.25, 0.3) is 0 Å². The van der Waals surface area contributed by atoms with E-state index in [1.54, 1.807) is 18.2 Å². The number of nitrogens with zero attached hydrogens (tertiary/aromatic N) is 1. The highest BCUT2D eigenvalue weighted by Gasteiger charge is 2.24. The van der Waals surface area contributed by atoms with Crippen molar-refractivity contribution in [3.63, 3.8) is 0 Å². The van der Waals surface area contributed by atoms with Crippen LogP contribution in [0.3, 0.4) is 0 Å². The van der Waals surface area contributed by atoms with Crippen molar-refractivity contribution in [2.45, 2.75) is 12.8 Å². The second kappa shape index (κ2) is 6.71. The molecule has 1 aliphatic rings. The van der Waals surface area contributed by atoms with Gasteiger partial charge < -0.3 is 5.11 Å². The zero-order valence-electron chi connectivity index (χ0n) is 10.6. The second-order valence-electron chi connectivity index (χ2n) is 4.95. The van der Waals surface area contributed by atoms with Crippen LogP contribution in [0.1, 0.15) is 23.2 Å². The summed E-state index contributed by atoms with van der Waals surface area (Å²) < 4.78 is 0. The summed E-state index contributed by atoms with van der Waals surface area (Å²) in [6.45, 7) is 2.37. The number of carbonyl (C=O) groups is 1. The van der Waals surface area contributed by atoms with E-state index in [1.807, 2.05) is 0 Å². The molecule has 0 amide bonds. The van der Waals surface area contributed by atoms with Crippen molar-refractivity contribution in [1.29, 1.82) is 0 Å². The molecule has 1 unspecified atom stereocenters. The third-order valence-corrected chi connectivity index (χ3v) is 4.05. The minimum atomic E-state index is 0.0197. The molecule has 19 heavy (non-hydrogen) atoms. The van der Waals surface area contributed by atoms with E-state index in [0.717, 1.165) is 25.9 Å². The largest absolute Gasteiger partial charge is 0.396 e. The third kappa shape index (κ3) is 3.93. The molecule has 1 aliphatic heterocycles. The van der Waals surface area contributed by atoms with Crippen molar-refractivity contribution >= 4 is 29.0 Å². The van der Waals surface area contributed by atoms with Gasteiger partial charge in [0.15, 0.2) is 5.78 Å². The van der Waals surface area contributed by atoms with Crippen molar-refractivity contribution in [3.8, 4) is 0 Å². The number of carbonyl (C=O) groups excluding carboxylic acids is 1. The number of likely N-dealkylation sites (tertiary alicyclic amines) is 1. The lowest BCUT2D eigenvalue weighted by molar-refractivity contribution is 0.0943. The number of aliphatic hydroxyl groups is 1. The molecule has 0 radical (unpaired) electrons. The Morgan fingerprint density at radius 3 is 2.89 bits per heavy atom. The maximum Gasteiger partial charge on any atom is 0.178 e. The van der Waals surface area contributed by atoms with E-state index in [4.69, 9.17) is 28.3 Å². The lowest BCUT2D eigenvalue weighted by Gasteiger charge is -2.15. The van der Waals surface area contributed by atoms with Crippen LogP contribution in [0.15, 0.2) is 18.2 Å². The van der Waals surface area contributed by atoms with Crippen molar-refractivity contribution in [3.05, 3.63) is 33.8 Å². The molecule has 1 N–H and O–H groups in total. The van der Waals surface area contributed by atoms with Gasteiger partial charge in [0.1, 0.15) is 0 Å². The summed E-state index contributed by atoms with van der Waals surface area (Å²) in [7, 11) is 0. The Balaban J connectivity index is 1.94. The number of benzene rings is 1. The van der Waals surface area contributed by atoms with E-state index >= 15 is 0 Å². The highest BCUT2D eigenvalue weighted by molar-refractivity contribution is 6.36. The number of hydrogen-bond donors (Lipinski definition) is 1. The fourth-order valence-corrected chi connectivity index (χ4v) is 2.99. The van der Waals surface area contributed by atoms with Crippen LogP contribution in [-0.4, -0.2) is 42.0 Å². The van der Waals surface area contributed by atoms with Crippen LogP contribution in [0.2, 0.25) is 10.0 Å². The molecule has 104 valence electrons. The minimum Gasteiger partial charge on any atom is -0.396 e. The first-order valence-electron chi connectivity index (χ1n) is 6.41. The smallest absolute Gasteiger partial charge is 0.178 e. The molecule has 1 aromatic rings. The van der Waals surface area contributed by atoms with Crippen molar-refractivity contribution < 1.29 is 9.90 Å². The first kappa shape index (κ1) is 14.8. The number of hydrogen-bond acceptors (Lipinski definition) is 3. The second-order valence-corrected chi connectivity index (χ2v) is 5.79. The van der Waals surface area contributed by atoms with E-state index in [9.17, 15) is 4.79 Å². The van der Waals surface area contributed by atoms with Gasteiger partial charge in [-0.05, 0) is 43.5 Å². The number of ketones is 1. The number of Topliss-reactive ketones (excluding diaryl/α,β-unsaturated/α-hetero) is 1. The highest BCUT2D eigenvalue weighted by Crippen LogP contribution is 2.23. The number of halogens is 2. The van der Waals surface area contributed by atoms with Crippen molar-refractivity contribution in [2.24, 2.45) is 5.92 Å². The fourth-order valence-electron chi connectivity index (χ4n) is 2.48. The average molecular weight is 302 g/mol. The first-order valence-corrected chi connectivity index (χ1v) is 7.17. The summed E-state index contributed by atoms with van der Waals surface area (Å²) in [5, 5.41) is 9.86. The number of aliphatic hydroxyl groups excluding tert-OH is 1. The first-order chi connectivity index (χ1) is 9.10. The lowest BCUT2D eigenvalue weighted by atomic mass is 10.1. The van der Waals surface area contributed by atoms with E-state index in [0.29, 0.717) is 28.1 Å². The third-order valence-electron chi connectivity index (χ3n) is 3.51. The van der Waals surface area contributed by atoms with Gasteiger partial charge in [-0.2, -0.15) is 0 Å². The molecule has 1 saturated heterocycles. The maximum absolute atomic E-state index is 12.2. The Morgan fingerprint density at radius 1 is 1.42 bits per heavy atom. The van der Waals surface area contributed by atoms with Gasteiger partial charge in [0.05, 0.1) is 11.6 Å². The Kier molecular flexibility index (Phi) is 5.22. The van der Waals surface area contributed by atoms with E-state index in [1.165, 1.54) is 0 Å². The topological polar surface area (TPSA) is 40.5 Å². The van der Waals surface area contributed by atoms with Gasteiger partial charge in [-0.3, -0.25) is 9.69 Å². The van der Waals surface area contributed by atoms with Crippen molar-refractivity contribution in [1.82, 2.24) is 4.90 Å². The lowest BCUT2D eigenvalue weighted by Crippen LogP contribution is -2.28. The highest BCUT2D eigenvalue weighted by atomic mass is 35.5. The van der Waals surface area contributed by atoms with Gasteiger partial charge in [0.2, 0.25) is 0 Å². The van der Waals surface area contributed by atoms with Crippen molar-refractivity contribution in [2.75, 3.05) is 26.2 Å². The van der Waals surface area contributed by atoms with Gasteiger partial charge >= 0.3 is 0 Å². The monoisotopic (exact) mass is 301 g/mol. The van der Waals surface area contributed by atoms with Gasteiger partial charge in [-0.15, -0.1) is 0 Å². The molecule has 0 spiro atoms. The molecule has 0 bridgehead atoms. The predicted octanol–water partition coefficient (Wildman–Crippen LogP) is 2.88.